The molecule has 3 aromatic rings. The van der Waals surface area contributed by atoms with Crippen molar-refractivity contribution in [3.05, 3.63) is 69.8 Å². The zero-order valence-corrected chi connectivity index (χ0v) is 18.3. The fraction of sp³-hybridized carbons (Fsp3) is 0.333. The molecule has 0 unspecified atom stereocenters. The Morgan fingerprint density at radius 2 is 2.03 bits per heavy atom. The first kappa shape index (κ1) is 21.7. The largest absolute Gasteiger partial charge is 0.396 e. The van der Waals surface area contributed by atoms with E-state index in [9.17, 15) is 9.59 Å². The van der Waals surface area contributed by atoms with Gasteiger partial charge in [0.05, 0.1) is 11.3 Å². The number of aliphatic hydroxyl groups is 1. The highest BCUT2D eigenvalue weighted by atomic mass is 16.3. The lowest BCUT2D eigenvalue weighted by molar-refractivity contribution is 0.100. The van der Waals surface area contributed by atoms with E-state index in [0.29, 0.717) is 34.8 Å². The summed E-state index contributed by atoms with van der Waals surface area (Å²) in [6.07, 6.45) is 4.76. The van der Waals surface area contributed by atoms with Crippen LogP contribution in [0, 0.1) is 6.92 Å². The van der Waals surface area contributed by atoms with Gasteiger partial charge in [-0.25, -0.2) is 0 Å². The fourth-order valence-corrected chi connectivity index (χ4v) is 3.99. The molecular formula is C24H27N5O3. The Morgan fingerprint density at radius 1 is 1.22 bits per heavy atom. The van der Waals surface area contributed by atoms with Gasteiger partial charge in [0.25, 0.3) is 11.5 Å². The number of aliphatic imine (C=N–C) groups is 1. The van der Waals surface area contributed by atoms with E-state index in [-0.39, 0.29) is 18.1 Å². The normalized spacial score (nSPS) is 14.2. The molecule has 32 heavy (non-hydrogen) atoms. The molecule has 2 aromatic heterocycles. The molecule has 1 aromatic carbocycles. The average Bonchev–Trinajstić information content (AvgIpc) is 3.30. The molecule has 8 heteroatoms. The van der Waals surface area contributed by atoms with E-state index >= 15 is 0 Å². The molecule has 0 saturated heterocycles. The first-order valence-electron chi connectivity index (χ1n) is 10.8. The summed E-state index contributed by atoms with van der Waals surface area (Å²) in [7, 11) is 1.63. The summed E-state index contributed by atoms with van der Waals surface area (Å²) in [5, 5.41) is 11.9. The molecule has 3 heterocycles. The van der Waals surface area contributed by atoms with Crippen molar-refractivity contribution in [1.82, 2.24) is 14.8 Å². The van der Waals surface area contributed by atoms with Gasteiger partial charge in [-0.2, -0.15) is 4.99 Å². The number of aliphatic hydroxyl groups excluding tert-OH is 1. The van der Waals surface area contributed by atoms with E-state index in [4.69, 9.17) is 5.11 Å². The third-order valence-corrected chi connectivity index (χ3v) is 5.63. The number of fused-ring (bicyclic) bond motifs is 1. The molecular weight excluding hydrogens is 406 g/mol. The van der Waals surface area contributed by atoms with Crippen molar-refractivity contribution in [2.75, 3.05) is 18.1 Å². The number of nitrogens with zero attached hydrogens (tertiary/aromatic N) is 4. The number of aromatic amines is 1. The summed E-state index contributed by atoms with van der Waals surface area (Å²) in [5.74, 6) is 0.362. The molecule has 1 aliphatic rings. The molecule has 0 bridgehead atoms. The summed E-state index contributed by atoms with van der Waals surface area (Å²) in [4.78, 5) is 36.5. The highest BCUT2D eigenvalue weighted by Gasteiger charge is 2.26. The van der Waals surface area contributed by atoms with Crippen LogP contribution in [0.2, 0.25) is 0 Å². The lowest BCUT2D eigenvalue weighted by Crippen LogP contribution is -2.29. The van der Waals surface area contributed by atoms with Crippen LogP contribution >= 0.6 is 0 Å². The molecule has 0 aliphatic carbocycles. The van der Waals surface area contributed by atoms with E-state index in [1.807, 2.05) is 18.2 Å². The number of carbonyl (C=O) groups is 1. The average molecular weight is 434 g/mol. The van der Waals surface area contributed by atoms with Gasteiger partial charge in [0.1, 0.15) is 5.84 Å². The Bertz CT molecular complexity index is 1220. The lowest BCUT2D eigenvalue weighted by atomic mass is 10.1. The number of amidine groups is 1. The summed E-state index contributed by atoms with van der Waals surface area (Å²) < 4.78 is 1.37. The number of carbonyl (C=O) groups excluding carboxylic acids is 1. The van der Waals surface area contributed by atoms with Crippen molar-refractivity contribution in [3.8, 4) is 11.3 Å². The second-order valence-electron chi connectivity index (χ2n) is 8.01. The quantitative estimate of drug-likeness (QED) is 0.558. The number of hydrogen-bond acceptors (Lipinski definition) is 4. The molecule has 0 atom stereocenters. The maximum Gasteiger partial charge on any atom is 0.278 e. The predicted molar refractivity (Wildman–Crippen MR) is 124 cm³/mol. The number of H-pyrrole nitrogens is 1. The smallest absolute Gasteiger partial charge is 0.278 e. The number of hydrogen-bond donors (Lipinski definition) is 2. The Morgan fingerprint density at radius 3 is 2.78 bits per heavy atom. The molecule has 166 valence electrons. The van der Waals surface area contributed by atoms with Crippen LogP contribution < -0.4 is 10.5 Å². The fourth-order valence-electron chi connectivity index (χ4n) is 3.99. The van der Waals surface area contributed by atoms with Crippen LogP contribution in [-0.2, 0) is 13.5 Å². The van der Waals surface area contributed by atoms with Gasteiger partial charge < -0.3 is 15.1 Å². The van der Waals surface area contributed by atoms with Crippen molar-refractivity contribution in [2.45, 2.75) is 32.6 Å². The zero-order chi connectivity index (χ0) is 22.7. The zero-order valence-electron chi connectivity index (χ0n) is 18.3. The number of aromatic nitrogens is 3. The van der Waals surface area contributed by atoms with Gasteiger partial charge in [-0.05, 0) is 49.9 Å². The summed E-state index contributed by atoms with van der Waals surface area (Å²) in [6, 6.07) is 11.4. The van der Waals surface area contributed by atoms with Crippen molar-refractivity contribution in [3.63, 3.8) is 0 Å². The minimum Gasteiger partial charge on any atom is -0.396 e. The van der Waals surface area contributed by atoms with Gasteiger partial charge in [0, 0.05) is 49.8 Å². The van der Waals surface area contributed by atoms with E-state index in [1.165, 1.54) is 4.68 Å². The molecule has 8 nitrogen and oxygen atoms in total. The van der Waals surface area contributed by atoms with Gasteiger partial charge in [-0.1, -0.05) is 18.2 Å². The van der Waals surface area contributed by atoms with Crippen LogP contribution in [0.15, 0.2) is 52.4 Å². The third kappa shape index (κ3) is 4.40. The molecule has 1 amide bonds. The number of rotatable bonds is 7. The van der Waals surface area contributed by atoms with Crippen LogP contribution in [0.4, 0.5) is 5.69 Å². The number of aryl methyl sites for hydroxylation is 2. The molecule has 0 saturated carbocycles. The van der Waals surface area contributed by atoms with Crippen LogP contribution in [0.3, 0.4) is 0 Å². The molecule has 1 aliphatic heterocycles. The Labute approximate surface area is 186 Å². The number of pyridine rings is 1. The second-order valence-corrected chi connectivity index (χ2v) is 8.01. The standard InChI is InChI=1S/C24H27N5O3/c1-16-12-18(13-20(26-16)19-15-25-28(2)24(19)32)23(31)27-22-14-17-8-4-5-9-21(17)29(22)10-6-3-7-11-30/h4-5,8-9,12-13,15,25,30H,3,6-7,10-11,14H2,1-2H3. The maximum atomic E-state index is 13.1. The Hall–Kier alpha value is -3.52. The Kier molecular flexibility index (Phi) is 6.32. The number of anilines is 1. The van der Waals surface area contributed by atoms with Crippen molar-refractivity contribution in [1.29, 1.82) is 0 Å². The van der Waals surface area contributed by atoms with E-state index in [1.54, 1.807) is 32.3 Å². The monoisotopic (exact) mass is 433 g/mol. The summed E-state index contributed by atoms with van der Waals surface area (Å²) in [5.41, 5.74) is 3.93. The van der Waals surface area contributed by atoms with Crippen molar-refractivity contribution < 1.29 is 9.90 Å². The molecule has 4 rings (SSSR count). The van der Waals surface area contributed by atoms with Crippen LogP contribution in [0.25, 0.3) is 11.3 Å². The number of para-hydroxylation sites is 1. The first-order chi connectivity index (χ1) is 15.5. The third-order valence-electron chi connectivity index (χ3n) is 5.63. The summed E-state index contributed by atoms with van der Waals surface area (Å²) >= 11 is 0. The molecule has 0 spiro atoms. The van der Waals surface area contributed by atoms with Crippen molar-refractivity contribution >= 4 is 17.4 Å². The SMILES string of the molecule is Cc1cc(C(=O)N=C2Cc3ccccc3N2CCCCCO)cc(-c2c[nH]n(C)c2=O)n1. The maximum absolute atomic E-state index is 13.1. The van der Waals surface area contributed by atoms with Gasteiger partial charge >= 0.3 is 0 Å². The van der Waals surface area contributed by atoms with Crippen molar-refractivity contribution in [2.24, 2.45) is 12.0 Å². The van der Waals surface area contributed by atoms with Gasteiger partial charge in [-0.15, -0.1) is 0 Å². The topological polar surface area (TPSA) is 104 Å². The molecule has 0 radical (unpaired) electrons. The minimum atomic E-state index is -0.354. The molecule has 0 fully saturated rings. The van der Waals surface area contributed by atoms with E-state index < -0.39 is 0 Å². The number of benzene rings is 1. The van der Waals surface area contributed by atoms with Crippen LogP contribution in [0.1, 0.15) is 40.9 Å². The Balaban J connectivity index is 1.63. The second kappa shape index (κ2) is 9.32. The minimum absolute atomic E-state index is 0.185. The van der Waals surface area contributed by atoms with Crippen LogP contribution in [-0.4, -0.2) is 44.8 Å². The van der Waals surface area contributed by atoms with Crippen LogP contribution in [0.5, 0.6) is 0 Å². The van der Waals surface area contributed by atoms with Gasteiger partial charge in [0.15, 0.2) is 0 Å². The van der Waals surface area contributed by atoms with E-state index in [0.717, 1.165) is 37.1 Å². The van der Waals surface area contributed by atoms with E-state index in [2.05, 4.69) is 26.0 Å². The number of nitrogens with one attached hydrogen (secondary N) is 1. The van der Waals surface area contributed by atoms with Gasteiger partial charge in [0.2, 0.25) is 0 Å². The number of amides is 1. The predicted octanol–water partition coefficient (Wildman–Crippen LogP) is 2.85. The molecule has 2 N–H and O–H groups in total. The highest BCUT2D eigenvalue weighted by Crippen LogP contribution is 2.30. The lowest BCUT2D eigenvalue weighted by Gasteiger charge is -2.20. The summed E-state index contributed by atoms with van der Waals surface area (Å²) in [6.45, 7) is 2.72. The number of unbranched alkanes of at least 4 members (excludes halogenated alkanes) is 2. The highest BCUT2D eigenvalue weighted by molar-refractivity contribution is 6.12. The van der Waals surface area contributed by atoms with Gasteiger partial charge in [-0.3, -0.25) is 19.3 Å². The first-order valence-corrected chi connectivity index (χ1v) is 10.8.